The van der Waals surface area contributed by atoms with Crippen LogP contribution in [0.1, 0.15) is 0 Å². The van der Waals surface area contributed by atoms with E-state index in [-0.39, 0.29) is 11.6 Å². The highest BCUT2D eigenvalue weighted by Crippen LogP contribution is 2.23. The zero-order chi connectivity index (χ0) is 14.8. The highest BCUT2D eigenvalue weighted by Gasteiger charge is 2.07. The van der Waals surface area contributed by atoms with Gasteiger partial charge < -0.3 is 5.73 Å². The van der Waals surface area contributed by atoms with Crippen LogP contribution in [-0.2, 0) is 0 Å². The average molecular weight is 283 g/mol. The first kappa shape index (κ1) is 13.2. The molecule has 0 aliphatic carbocycles. The first-order valence-corrected chi connectivity index (χ1v) is 6.28. The van der Waals surface area contributed by atoms with Crippen LogP contribution in [-0.4, -0.2) is 9.97 Å². The van der Waals surface area contributed by atoms with E-state index in [0.717, 1.165) is 5.56 Å². The van der Waals surface area contributed by atoms with Gasteiger partial charge in [0.1, 0.15) is 17.5 Å². The van der Waals surface area contributed by atoms with Crippen LogP contribution in [0.25, 0.3) is 22.6 Å². The van der Waals surface area contributed by atoms with Crippen LogP contribution in [0, 0.1) is 11.6 Å². The molecule has 1 heterocycles. The molecule has 0 unspecified atom stereocenters. The molecule has 0 radical (unpaired) electrons. The van der Waals surface area contributed by atoms with Crippen molar-refractivity contribution in [3.63, 3.8) is 0 Å². The number of benzene rings is 2. The fraction of sp³-hybridized carbons (Fsp3) is 0. The van der Waals surface area contributed by atoms with Crippen molar-refractivity contribution in [2.75, 3.05) is 5.73 Å². The Hall–Kier alpha value is -2.82. The molecule has 3 rings (SSSR count). The first-order chi connectivity index (χ1) is 10.1. The molecule has 3 nitrogen and oxygen atoms in total. The van der Waals surface area contributed by atoms with Crippen molar-refractivity contribution in [2.45, 2.75) is 0 Å². The lowest BCUT2D eigenvalue weighted by Crippen LogP contribution is -1.98. The van der Waals surface area contributed by atoms with Crippen LogP contribution in [0.15, 0.2) is 54.6 Å². The van der Waals surface area contributed by atoms with E-state index < -0.39 is 0 Å². The van der Waals surface area contributed by atoms with E-state index in [2.05, 4.69) is 9.97 Å². The van der Waals surface area contributed by atoms with Crippen molar-refractivity contribution in [2.24, 2.45) is 0 Å². The fourth-order valence-corrected chi connectivity index (χ4v) is 1.96. The summed E-state index contributed by atoms with van der Waals surface area (Å²) in [6, 6.07) is 13.4. The van der Waals surface area contributed by atoms with Gasteiger partial charge in [0, 0.05) is 17.2 Å². The molecule has 0 spiro atoms. The largest absolute Gasteiger partial charge is 0.384 e. The number of nitrogens with zero attached hydrogens (tertiary/aromatic N) is 2. The summed E-state index contributed by atoms with van der Waals surface area (Å²) in [5.41, 5.74) is 7.77. The monoisotopic (exact) mass is 283 g/mol. The number of nitrogens with two attached hydrogens (primary N) is 1. The normalized spacial score (nSPS) is 10.6. The molecule has 3 aromatic rings. The van der Waals surface area contributed by atoms with Crippen LogP contribution >= 0.6 is 0 Å². The Morgan fingerprint density at radius 2 is 1.24 bits per heavy atom. The summed E-state index contributed by atoms with van der Waals surface area (Å²) in [5, 5.41) is 0. The lowest BCUT2D eigenvalue weighted by Gasteiger charge is -2.06. The van der Waals surface area contributed by atoms with Crippen molar-refractivity contribution >= 4 is 5.82 Å². The number of nitrogen functional groups attached to an aromatic ring is 1. The Morgan fingerprint density at radius 1 is 0.714 bits per heavy atom. The summed E-state index contributed by atoms with van der Waals surface area (Å²) in [4.78, 5) is 8.54. The van der Waals surface area contributed by atoms with Crippen molar-refractivity contribution in [3.8, 4) is 22.6 Å². The summed E-state index contributed by atoms with van der Waals surface area (Å²) in [6.07, 6.45) is 0. The number of anilines is 1. The van der Waals surface area contributed by atoms with Crippen LogP contribution < -0.4 is 5.73 Å². The molecule has 0 fully saturated rings. The number of rotatable bonds is 2. The molecular weight excluding hydrogens is 272 g/mol. The Morgan fingerprint density at radius 3 is 1.81 bits per heavy atom. The SMILES string of the molecule is Nc1cc(-c2ccc(F)cc2)nc(-c2ccc(F)cc2)n1. The predicted molar refractivity (Wildman–Crippen MR) is 77.2 cm³/mol. The molecule has 0 amide bonds. The Balaban J connectivity index is 2.07. The number of hydrogen-bond acceptors (Lipinski definition) is 3. The molecule has 0 saturated heterocycles. The number of hydrogen-bond donors (Lipinski definition) is 1. The molecule has 5 heteroatoms. The molecule has 2 aromatic carbocycles. The minimum atomic E-state index is -0.332. The zero-order valence-corrected chi connectivity index (χ0v) is 10.9. The molecule has 0 atom stereocenters. The van der Waals surface area contributed by atoms with Gasteiger partial charge in [0.25, 0.3) is 0 Å². The molecule has 21 heavy (non-hydrogen) atoms. The maximum Gasteiger partial charge on any atom is 0.162 e. The molecule has 2 N–H and O–H groups in total. The molecule has 0 bridgehead atoms. The summed E-state index contributed by atoms with van der Waals surface area (Å²) in [6.45, 7) is 0. The van der Waals surface area contributed by atoms with Gasteiger partial charge in [-0.1, -0.05) is 0 Å². The number of halogens is 2. The minimum absolute atomic E-state index is 0.295. The highest BCUT2D eigenvalue weighted by molar-refractivity contribution is 5.66. The van der Waals surface area contributed by atoms with Gasteiger partial charge in [-0.3, -0.25) is 0 Å². The summed E-state index contributed by atoms with van der Waals surface area (Å²) in [7, 11) is 0. The van der Waals surface area contributed by atoms with Gasteiger partial charge in [-0.2, -0.15) is 0 Å². The second-order valence-corrected chi connectivity index (χ2v) is 4.52. The molecule has 1 aromatic heterocycles. The van der Waals surface area contributed by atoms with Crippen LogP contribution in [0.2, 0.25) is 0 Å². The van der Waals surface area contributed by atoms with Gasteiger partial charge >= 0.3 is 0 Å². The lowest BCUT2D eigenvalue weighted by molar-refractivity contribution is 0.627. The van der Waals surface area contributed by atoms with Gasteiger partial charge in [0.05, 0.1) is 5.69 Å². The van der Waals surface area contributed by atoms with E-state index in [0.29, 0.717) is 22.9 Å². The van der Waals surface area contributed by atoms with Gasteiger partial charge in [0.15, 0.2) is 5.82 Å². The van der Waals surface area contributed by atoms with Crippen LogP contribution in [0.5, 0.6) is 0 Å². The number of aromatic nitrogens is 2. The standard InChI is InChI=1S/C16H11F2N3/c17-12-5-1-10(2-6-12)14-9-15(19)21-16(20-14)11-3-7-13(18)8-4-11/h1-9H,(H2,19,20,21). The second-order valence-electron chi connectivity index (χ2n) is 4.52. The van der Waals surface area contributed by atoms with Crippen molar-refractivity contribution in [3.05, 3.63) is 66.2 Å². The predicted octanol–water partition coefficient (Wildman–Crippen LogP) is 3.67. The first-order valence-electron chi connectivity index (χ1n) is 6.28. The van der Waals surface area contributed by atoms with E-state index >= 15 is 0 Å². The van der Waals surface area contributed by atoms with Gasteiger partial charge in [0.2, 0.25) is 0 Å². The molecule has 0 aliphatic rings. The Labute approximate surface area is 120 Å². The summed E-state index contributed by atoms with van der Waals surface area (Å²) in [5.74, 6) is 0.0407. The lowest BCUT2D eigenvalue weighted by atomic mass is 10.1. The minimum Gasteiger partial charge on any atom is -0.384 e. The van der Waals surface area contributed by atoms with Gasteiger partial charge in [-0.05, 0) is 48.5 Å². The van der Waals surface area contributed by atoms with Gasteiger partial charge in [-0.15, -0.1) is 0 Å². The second kappa shape index (κ2) is 5.28. The fourth-order valence-electron chi connectivity index (χ4n) is 1.96. The third-order valence-corrected chi connectivity index (χ3v) is 2.99. The molecule has 0 aliphatic heterocycles. The van der Waals surface area contributed by atoms with E-state index in [4.69, 9.17) is 5.73 Å². The maximum atomic E-state index is 13.0. The van der Waals surface area contributed by atoms with Gasteiger partial charge in [-0.25, -0.2) is 18.7 Å². The quantitative estimate of drug-likeness (QED) is 0.780. The van der Waals surface area contributed by atoms with Crippen LogP contribution in [0.3, 0.4) is 0 Å². The zero-order valence-electron chi connectivity index (χ0n) is 10.9. The van der Waals surface area contributed by atoms with Crippen LogP contribution in [0.4, 0.5) is 14.6 Å². The van der Waals surface area contributed by atoms with Crippen molar-refractivity contribution in [1.29, 1.82) is 0 Å². The average Bonchev–Trinajstić information content (AvgIpc) is 2.48. The Kier molecular flexibility index (Phi) is 3.31. The molecular formula is C16H11F2N3. The summed E-state index contributed by atoms with van der Waals surface area (Å²) < 4.78 is 25.9. The third kappa shape index (κ3) is 2.86. The smallest absolute Gasteiger partial charge is 0.162 e. The third-order valence-electron chi connectivity index (χ3n) is 2.99. The Bertz CT molecular complexity index is 705. The van der Waals surface area contributed by atoms with E-state index in [1.165, 1.54) is 24.3 Å². The van der Waals surface area contributed by atoms with E-state index in [1.54, 1.807) is 30.3 Å². The van der Waals surface area contributed by atoms with Crippen molar-refractivity contribution in [1.82, 2.24) is 9.97 Å². The van der Waals surface area contributed by atoms with E-state index in [1.807, 2.05) is 0 Å². The highest BCUT2D eigenvalue weighted by atomic mass is 19.1. The van der Waals surface area contributed by atoms with E-state index in [9.17, 15) is 8.78 Å². The molecule has 0 saturated carbocycles. The molecule has 104 valence electrons. The summed E-state index contributed by atoms with van der Waals surface area (Å²) >= 11 is 0. The maximum absolute atomic E-state index is 13.0. The topological polar surface area (TPSA) is 51.8 Å². The van der Waals surface area contributed by atoms with Crippen molar-refractivity contribution < 1.29 is 8.78 Å².